The van der Waals surface area contributed by atoms with Crippen LogP contribution in [0.15, 0.2) is 24.3 Å². The highest BCUT2D eigenvalue weighted by Gasteiger charge is 2.30. The summed E-state index contributed by atoms with van der Waals surface area (Å²) in [5.41, 5.74) is 0.222. The first kappa shape index (κ1) is 14.1. The van der Waals surface area contributed by atoms with Crippen molar-refractivity contribution in [2.45, 2.75) is 25.6 Å². The molecule has 2 rings (SSSR count). The van der Waals surface area contributed by atoms with Crippen molar-refractivity contribution in [3.63, 3.8) is 0 Å². The van der Waals surface area contributed by atoms with Gasteiger partial charge in [-0.1, -0.05) is 12.1 Å². The highest BCUT2D eigenvalue weighted by molar-refractivity contribution is 5.53. The van der Waals surface area contributed by atoms with Crippen LogP contribution in [0.2, 0.25) is 0 Å². The Morgan fingerprint density at radius 3 is 2.53 bits per heavy atom. The van der Waals surface area contributed by atoms with Crippen LogP contribution < -0.4 is 0 Å². The first-order chi connectivity index (χ1) is 8.99. The molecule has 0 bridgehead atoms. The quantitative estimate of drug-likeness (QED) is 0.787. The molecule has 1 fully saturated rings. The lowest BCUT2D eigenvalue weighted by molar-refractivity contribution is -0.137. The molecule has 1 aromatic carbocycles. The van der Waals surface area contributed by atoms with Gasteiger partial charge in [0.05, 0.1) is 5.56 Å². The molecule has 0 radical (unpaired) electrons. The Morgan fingerprint density at radius 2 is 1.95 bits per heavy atom. The number of hydrogen-bond donors (Lipinski definition) is 0. The van der Waals surface area contributed by atoms with Gasteiger partial charge in [-0.2, -0.15) is 13.2 Å². The Hall–Kier alpha value is -1.36. The molecule has 104 valence electrons. The Balaban J connectivity index is 1.98. The van der Waals surface area contributed by atoms with Gasteiger partial charge < -0.3 is 4.79 Å². The van der Waals surface area contributed by atoms with Gasteiger partial charge in [-0.3, -0.25) is 4.90 Å². The monoisotopic (exact) mass is 271 g/mol. The number of hydrogen-bond acceptors (Lipinski definition) is 2. The van der Waals surface area contributed by atoms with Gasteiger partial charge in [0, 0.05) is 19.0 Å². The van der Waals surface area contributed by atoms with E-state index in [1.54, 1.807) is 0 Å². The molecule has 1 aromatic rings. The van der Waals surface area contributed by atoms with Crippen LogP contribution in [-0.4, -0.2) is 24.3 Å². The first-order valence-corrected chi connectivity index (χ1v) is 6.33. The van der Waals surface area contributed by atoms with Crippen LogP contribution in [0.5, 0.6) is 0 Å². The number of rotatable bonds is 3. The fraction of sp³-hybridized carbons (Fsp3) is 0.500. The summed E-state index contributed by atoms with van der Waals surface area (Å²) in [5.74, 6) is 0.0585. The van der Waals surface area contributed by atoms with E-state index in [9.17, 15) is 18.0 Å². The van der Waals surface area contributed by atoms with E-state index in [-0.39, 0.29) is 5.92 Å². The zero-order valence-corrected chi connectivity index (χ0v) is 10.5. The predicted molar refractivity (Wildman–Crippen MR) is 65.5 cm³/mol. The maximum Gasteiger partial charge on any atom is 0.416 e. The van der Waals surface area contributed by atoms with E-state index in [0.29, 0.717) is 13.1 Å². The van der Waals surface area contributed by atoms with E-state index in [0.717, 1.165) is 43.4 Å². The Kier molecular flexibility index (Phi) is 4.24. The molecule has 0 aromatic heterocycles. The number of benzene rings is 1. The van der Waals surface area contributed by atoms with Gasteiger partial charge in [0.25, 0.3) is 0 Å². The molecule has 1 aliphatic rings. The summed E-state index contributed by atoms with van der Waals surface area (Å²) in [6.07, 6.45) is -1.44. The molecule has 0 amide bonds. The number of carbonyl (C=O) groups is 1. The van der Waals surface area contributed by atoms with E-state index < -0.39 is 11.7 Å². The third-order valence-corrected chi connectivity index (χ3v) is 3.42. The van der Waals surface area contributed by atoms with Crippen LogP contribution in [0, 0.1) is 5.92 Å². The molecule has 0 N–H and O–H groups in total. The smallest absolute Gasteiger partial charge is 0.303 e. The highest BCUT2D eigenvalue weighted by atomic mass is 19.4. The van der Waals surface area contributed by atoms with Crippen LogP contribution in [0.4, 0.5) is 13.2 Å². The summed E-state index contributed by atoms with van der Waals surface area (Å²) in [4.78, 5) is 12.9. The minimum absolute atomic E-state index is 0.0585. The number of nitrogens with zero attached hydrogens (tertiary/aromatic N) is 1. The molecule has 19 heavy (non-hydrogen) atoms. The van der Waals surface area contributed by atoms with Crippen molar-refractivity contribution in [2.75, 3.05) is 13.1 Å². The van der Waals surface area contributed by atoms with Crippen LogP contribution >= 0.6 is 0 Å². The lowest BCUT2D eigenvalue weighted by atomic mass is 9.99. The van der Waals surface area contributed by atoms with Crippen LogP contribution in [0.1, 0.15) is 24.0 Å². The molecule has 1 saturated heterocycles. The largest absolute Gasteiger partial charge is 0.416 e. The highest BCUT2D eigenvalue weighted by Crippen LogP contribution is 2.29. The van der Waals surface area contributed by atoms with Crippen molar-refractivity contribution in [3.8, 4) is 0 Å². The standard InChI is InChI=1S/C14H16F3NO/c15-14(16,17)13-5-3-11(4-6-13)8-18-7-1-2-12(9-18)10-19/h3-6,10,12H,1-2,7-9H2. The van der Waals surface area contributed by atoms with Gasteiger partial charge in [-0.05, 0) is 37.1 Å². The molecule has 1 atom stereocenters. The number of alkyl halides is 3. The summed E-state index contributed by atoms with van der Waals surface area (Å²) >= 11 is 0. The SMILES string of the molecule is O=CC1CCCN(Cc2ccc(C(F)(F)F)cc2)C1. The van der Waals surface area contributed by atoms with E-state index in [2.05, 4.69) is 4.90 Å². The molecule has 0 aliphatic carbocycles. The molecular formula is C14H16F3NO. The summed E-state index contributed by atoms with van der Waals surface area (Å²) in [7, 11) is 0. The zero-order chi connectivity index (χ0) is 13.9. The number of carbonyl (C=O) groups excluding carboxylic acids is 1. The van der Waals surface area contributed by atoms with Crippen LogP contribution in [0.3, 0.4) is 0 Å². The third kappa shape index (κ3) is 3.80. The minimum Gasteiger partial charge on any atom is -0.303 e. The molecule has 1 aliphatic heterocycles. The fourth-order valence-corrected chi connectivity index (χ4v) is 2.40. The maximum atomic E-state index is 12.4. The fourth-order valence-electron chi connectivity index (χ4n) is 2.40. The number of halogens is 3. The molecule has 5 heteroatoms. The van der Waals surface area contributed by atoms with Gasteiger partial charge in [-0.25, -0.2) is 0 Å². The van der Waals surface area contributed by atoms with E-state index in [1.165, 1.54) is 12.1 Å². The summed E-state index contributed by atoms with van der Waals surface area (Å²) < 4.78 is 37.3. The molecule has 2 nitrogen and oxygen atoms in total. The molecule has 1 heterocycles. The summed E-state index contributed by atoms with van der Waals surface area (Å²) in [5, 5.41) is 0. The second kappa shape index (κ2) is 5.74. The van der Waals surface area contributed by atoms with E-state index >= 15 is 0 Å². The molecule has 0 spiro atoms. The summed E-state index contributed by atoms with van der Waals surface area (Å²) in [6.45, 7) is 2.19. The van der Waals surface area contributed by atoms with Gasteiger partial charge in [0.2, 0.25) is 0 Å². The maximum absolute atomic E-state index is 12.4. The average molecular weight is 271 g/mol. The lowest BCUT2D eigenvalue weighted by Crippen LogP contribution is -2.35. The van der Waals surface area contributed by atoms with Gasteiger partial charge in [0.15, 0.2) is 0 Å². The van der Waals surface area contributed by atoms with Crippen LogP contribution in [0.25, 0.3) is 0 Å². The van der Waals surface area contributed by atoms with E-state index in [4.69, 9.17) is 0 Å². The van der Waals surface area contributed by atoms with Crippen molar-refractivity contribution < 1.29 is 18.0 Å². The van der Waals surface area contributed by atoms with Crippen LogP contribution in [-0.2, 0) is 17.5 Å². The lowest BCUT2D eigenvalue weighted by Gasteiger charge is -2.30. The number of aldehydes is 1. The van der Waals surface area contributed by atoms with Crippen molar-refractivity contribution in [1.29, 1.82) is 0 Å². The second-order valence-corrected chi connectivity index (χ2v) is 4.97. The minimum atomic E-state index is -4.29. The Labute approximate surface area is 110 Å². The van der Waals surface area contributed by atoms with Gasteiger partial charge in [0.1, 0.15) is 6.29 Å². The normalized spacial score (nSPS) is 21.3. The Morgan fingerprint density at radius 1 is 1.26 bits per heavy atom. The van der Waals surface area contributed by atoms with Gasteiger partial charge >= 0.3 is 6.18 Å². The zero-order valence-electron chi connectivity index (χ0n) is 10.5. The summed E-state index contributed by atoms with van der Waals surface area (Å²) in [6, 6.07) is 5.23. The van der Waals surface area contributed by atoms with E-state index in [1.807, 2.05) is 0 Å². The molecule has 1 unspecified atom stereocenters. The number of likely N-dealkylation sites (tertiary alicyclic amines) is 1. The van der Waals surface area contributed by atoms with Crippen molar-refractivity contribution in [3.05, 3.63) is 35.4 Å². The second-order valence-electron chi connectivity index (χ2n) is 4.97. The first-order valence-electron chi connectivity index (χ1n) is 6.33. The molecular weight excluding hydrogens is 255 g/mol. The van der Waals surface area contributed by atoms with Gasteiger partial charge in [-0.15, -0.1) is 0 Å². The van der Waals surface area contributed by atoms with Crippen molar-refractivity contribution >= 4 is 6.29 Å². The topological polar surface area (TPSA) is 20.3 Å². The predicted octanol–water partition coefficient (Wildman–Crippen LogP) is 3.12. The molecule has 0 saturated carbocycles. The van der Waals surface area contributed by atoms with Crippen molar-refractivity contribution in [2.24, 2.45) is 5.92 Å². The third-order valence-electron chi connectivity index (χ3n) is 3.42. The van der Waals surface area contributed by atoms with Crippen molar-refractivity contribution in [1.82, 2.24) is 4.90 Å². The number of piperidine rings is 1. The average Bonchev–Trinajstić information content (AvgIpc) is 2.38. The Bertz CT molecular complexity index is 427.